The average molecular weight is 431 g/mol. The topological polar surface area (TPSA) is 81.6 Å². The SMILES string of the molecule is CCCc1nnsc1C(=O)N1CCN(c2nc(C)cc(N3CCN(C)CC3)n2)CC1. The Morgan fingerprint density at radius 2 is 1.73 bits per heavy atom. The second-order valence-electron chi connectivity index (χ2n) is 8.04. The molecule has 30 heavy (non-hydrogen) atoms. The summed E-state index contributed by atoms with van der Waals surface area (Å²) in [6.07, 6.45) is 1.75. The van der Waals surface area contributed by atoms with Crippen LogP contribution >= 0.6 is 11.5 Å². The summed E-state index contributed by atoms with van der Waals surface area (Å²) in [6, 6.07) is 2.07. The van der Waals surface area contributed by atoms with Crippen molar-refractivity contribution in [1.82, 2.24) is 29.4 Å². The Kier molecular flexibility index (Phi) is 6.43. The molecule has 0 N–H and O–H groups in total. The lowest BCUT2D eigenvalue weighted by Crippen LogP contribution is -2.49. The number of likely N-dealkylation sites (N-methyl/N-ethyl adjacent to an activating group) is 1. The van der Waals surface area contributed by atoms with Crippen LogP contribution in [-0.4, -0.2) is 94.7 Å². The van der Waals surface area contributed by atoms with Gasteiger partial charge in [-0.25, -0.2) is 4.98 Å². The summed E-state index contributed by atoms with van der Waals surface area (Å²) in [5.74, 6) is 1.82. The third-order valence-corrected chi connectivity index (χ3v) is 6.50. The molecule has 162 valence electrons. The molecule has 0 aliphatic carbocycles. The summed E-state index contributed by atoms with van der Waals surface area (Å²) in [4.78, 5) is 31.9. The molecule has 0 aromatic carbocycles. The van der Waals surface area contributed by atoms with E-state index < -0.39 is 0 Å². The maximum atomic E-state index is 12.9. The van der Waals surface area contributed by atoms with Crippen molar-refractivity contribution in [3.05, 3.63) is 22.3 Å². The molecule has 2 saturated heterocycles. The minimum atomic E-state index is 0.0522. The zero-order valence-electron chi connectivity index (χ0n) is 18.0. The van der Waals surface area contributed by atoms with Crippen LogP contribution in [0.15, 0.2) is 6.07 Å². The number of piperazine rings is 2. The Morgan fingerprint density at radius 3 is 2.43 bits per heavy atom. The van der Waals surface area contributed by atoms with Crippen LogP contribution in [0.2, 0.25) is 0 Å². The lowest BCUT2D eigenvalue weighted by atomic mass is 10.2. The van der Waals surface area contributed by atoms with Gasteiger partial charge in [0.2, 0.25) is 5.95 Å². The fourth-order valence-electron chi connectivity index (χ4n) is 3.90. The number of amides is 1. The van der Waals surface area contributed by atoms with Crippen molar-refractivity contribution >= 4 is 29.2 Å². The highest BCUT2D eigenvalue weighted by Crippen LogP contribution is 2.21. The van der Waals surface area contributed by atoms with Gasteiger partial charge >= 0.3 is 0 Å². The van der Waals surface area contributed by atoms with Crippen molar-refractivity contribution in [2.75, 3.05) is 69.2 Å². The van der Waals surface area contributed by atoms with Crippen molar-refractivity contribution < 1.29 is 4.79 Å². The van der Waals surface area contributed by atoms with Crippen LogP contribution in [0.1, 0.15) is 34.4 Å². The smallest absolute Gasteiger partial charge is 0.267 e. The Hall–Kier alpha value is -2.33. The highest BCUT2D eigenvalue weighted by Gasteiger charge is 2.27. The minimum Gasteiger partial charge on any atom is -0.354 e. The lowest BCUT2D eigenvalue weighted by Gasteiger charge is -2.36. The van der Waals surface area contributed by atoms with Crippen LogP contribution in [0.3, 0.4) is 0 Å². The highest BCUT2D eigenvalue weighted by atomic mass is 32.1. The van der Waals surface area contributed by atoms with Gasteiger partial charge < -0.3 is 19.6 Å². The third-order valence-electron chi connectivity index (χ3n) is 5.74. The number of aryl methyl sites for hydroxylation is 2. The maximum Gasteiger partial charge on any atom is 0.267 e. The van der Waals surface area contributed by atoms with E-state index in [2.05, 4.69) is 49.3 Å². The molecular weight excluding hydrogens is 400 g/mol. The van der Waals surface area contributed by atoms with Crippen LogP contribution < -0.4 is 9.80 Å². The van der Waals surface area contributed by atoms with Crippen LogP contribution in [0, 0.1) is 6.92 Å². The second kappa shape index (κ2) is 9.22. The number of aromatic nitrogens is 4. The first-order valence-electron chi connectivity index (χ1n) is 10.7. The molecule has 4 rings (SSSR count). The average Bonchev–Trinajstić information content (AvgIpc) is 3.22. The molecule has 10 heteroatoms. The standard InChI is InChI=1S/C20H30N8OS/c1-4-5-16-18(30-24-23-16)19(29)27-10-12-28(13-11-27)20-21-15(2)14-17(22-20)26-8-6-25(3)7-9-26/h14H,4-13H2,1-3H3. The van der Waals surface area contributed by atoms with Crippen molar-refractivity contribution in [3.63, 3.8) is 0 Å². The van der Waals surface area contributed by atoms with Gasteiger partial charge in [0, 0.05) is 64.1 Å². The monoisotopic (exact) mass is 430 g/mol. The molecule has 9 nitrogen and oxygen atoms in total. The first kappa shape index (κ1) is 20.9. The van der Waals surface area contributed by atoms with Crippen molar-refractivity contribution in [1.29, 1.82) is 0 Å². The van der Waals surface area contributed by atoms with Gasteiger partial charge in [-0.3, -0.25) is 4.79 Å². The van der Waals surface area contributed by atoms with Crippen LogP contribution in [0.5, 0.6) is 0 Å². The number of carbonyl (C=O) groups is 1. The van der Waals surface area contributed by atoms with E-state index in [4.69, 9.17) is 4.98 Å². The van der Waals surface area contributed by atoms with Crippen LogP contribution in [0.25, 0.3) is 0 Å². The molecule has 2 aromatic rings. The largest absolute Gasteiger partial charge is 0.354 e. The molecule has 0 spiro atoms. The third kappa shape index (κ3) is 4.54. The second-order valence-corrected chi connectivity index (χ2v) is 8.79. The first-order chi connectivity index (χ1) is 14.5. The molecule has 1 amide bonds. The van der Waals surface area contributed by atoms with E-state index in [1.54, 1.807) is 0 Å². The zero-order chi connectivity index (χ0) is 21.1. The van der Waals surface area contributed by atoms with Crippen LogP contribution in [0.4, 0.5) is 11.8 Å². The van der Waals surface area contributed by atoms with E-state index in [0.29, 0.717) is 18.0 Å². The van der Waals surface area contributed by atoms with Gasteiger partial charge in [0.15, 0.2) is 0 Å². The summed E-state index contributed by atoms with van der Waals surface area (Å²) in [6.45, 7) is 10.9. The van der Waals surface area contributed by atoms with Crippen LogP contribution in [-0.2, 0) is 6.42 Å². The van der Waals surface area contributed by atoms with Gasteiger partial charge in [-0.15, -0.1) is 5.10 Å². The number of hydrogen-bond acceptors (Lipinski definition) is 9. The quantitative estimate of drug-likeness (QED) is 0.702. The van der Waals surface area contributed by atoms with Gasteiger partial charge in [0.25, 0.3) is 5.91 Å². The number of carbonyl (C=O) groups excluding carboxylic acids is 1. The number of anilines is 2. The summed E-state index contributed by atoms with van der Waals surface area (Å²) < 4.78 is 3.99. The molecule has 2 aromatic heterocycles. The fraction of sp³-hybridized carbons (Fsp3) is 0.650. The van der Waals surface area contributed by atoms with Gasteiger partial charge in [-0.2, -0.15) is 4.98 Å². The summed E-state index contributed by atoms with van der Waals surface area (Å²) in [7, 11) is 2.16. The molecular formula is C20H30N8OS. The Balaban J connectivity index is 1.41. The van der Waals surface area contributed by atoms with E-state index >= 15 is 0 Å². The normalized spacial score (nSPS) is 18.2. The molecule has 2 fully saturated rings. The fourth-order valence-corrected chi connectivity index (χ4v) is 4.58. The van der Waals surface area contributed by atoms with Crippen molar-refractivity contribution in [2.24, 2.45) is 0 Å². The number of nitrogens with zero attached hydrogens (tertiary/aromatic N) is 8. The molecule has 0 saturated carbocycles. The molecule has 2 aliphatic rings. The van der Waals surface area contributed by atoms with E-state index in [0.717, 1.165) is 75.3 Å². The minimum absolute atomic E-state index is 0.0522. The molecule has 2 aliphatic heterocycles. The number of hydrogen-bond donors (Lipinski definition) is 0. The molecule has 0 bridgehead atoms. The molecule has 4 heterocycles. The van der Waals surface area contributed by atoms with E-state index in [1.807, 2.05) is 11.8 Å². The summed E-state index contributed by atoms with van der Waals surface area (Å²) in [5, 5.41) is 4.14. The Labute approximate surface area is 181 Å². The van der Waals surface area contributed by atoms with E-state index in [1.165, 1.54) is 11.5 Å². The molecule has 0 atom stereocenters. The zero-order valence-corrected chi connectivity index (χ0v) is 18.9. The van der Waals surface area contributed by atoms with Gasteiger partial charge in [0.1, 0.15) is 10.7 Å². The molecule has 0 radical (unpaired) electrons. The predicted molar refractivity (Wildman–Crippen MR) is 118 cm³/mol. The van der Waals surface area contributed by atoms with Crippen molar-refractivity contribution in [2.45, 2.75) is 26.7 Å². The highest BCUT2D eigenvalue weighted by molar-refractivity contribution is 7.08. The first-order valence-corrected chi connectivity index (χ1v) is 11.5. The predicted octanol–water partition coefficient (Wildman–Crippen LogP) is 1.30. The molecule has 0 unspecified atom stereocenters. The van der Waals surface area contributed by atoms with E-state index in [9.17, 15) is 4.79 Å². The Bertz CT molecular complexity index is 871. The van der Waals surface area contributed by atoms with Gasteiger partial charge in [0.05, 0.1) is 5.69 Å². The van der Waals surface area contributed by atoms with Gasteiger partial charge in [-0.1, -0.05) is 17.8 Å². The van der Waals surface area contributed by atoms with Crippen molar-refractivity contribution in [3.8, 4) is 0 Å². The van der Waals surface area contributed by atoms with Gasteiger partial charge in [-0.05, 0) is 31.9 Å². The lowest BCUT2D eigenvalue weighted by molar-refractivity contribution is 0.0749. The van der Waals surface area contributed by atoms with E-state index in [-0.39, 0.29) is 5.91 Å². The number of rotatable bonds is 5. The Morgan fingerprint density at radius 1 is 1.03 bits per heavy atom. The maximum absolute atomic E-state index is 12.9. The summed E-state index contributed by atoms with van der Waals surface area (Å²) in [5.41, 5.74) is 1.81. The summed E-state index contributed by atoms with van der Waals surface area (Å²) >= 11 is 1.21.